The third-order valence-corrected chi connectivity index (χ3v) is 2.91. The fraction of sp³-hybridized carbons (Fsp3) is 0.364. The molecule has 1 aliphatic carbocycles. The van der Waals surface area contributed by atoms with Crippen LogP contribution in [0.3, 0.4) is 0 Å². The van der Waals surface area contributed by atoms with Crippen molar-refractivity contribution in [2.45, 2.75) is 25.1 Å². The number of para-hydroxylation sites is 1. The number of hydrogen-bond donors (Lipinski definition) is 1. The molecule has 2 aromatic rings. The maximum absolute atomic E-state index is 12.9. The topological polar surface area (TPSA) is 43.8 Å². The Labute approximate surface area is 95.0 Å². The van der Waals surface area contributed by atoms with Crippen molar-refractivity contribution in [3.63, 3.8) is 0 Å². The van der Waals surface area contributed by atoms with Gasteiger partial charge in [-0.15, -0.1) is 0 Å². The molecule has 1 aromatic heterocycles. The highest BCUT2D eigenvalue weighted by atomic mass is 19.4. The molecule has 1 aromatic carbocycles. The van der Waals surface area contributed by atoms with Crippen LogP contribution in [0.15, 0.2) is 18.2 Å². The predicted octanol–water partition coefficient (Wildman–Crippen LogP) is 2.97. The first-order chi connectivity index (χ1) is 7.98. The zero-order valence-electron chi connectivity index (χ0n) is 8.83. The van der Waals surface area contributed by atoms with Crippen LogP contribution in [0.5, 0.6) is 0 Å². The van der Waals surface area contributed by atoms with Gasteiger partial charge in [-0.2, -0.15) is 13.2 Å². The van der Waals surface area contributed by atoms with Crippen molar-refractivity contribution in [2.24, 2.45) is 0 Å². The number of anilines is 1. The summed E-state index contributed by atoms with van der Waals surface area (Å²) in [7, 11) is 0. The first kappa shape index (κ1) is 10.4. The average Bonchev–Trinajstić information content (AvgIpc) is 2.97. The molecule has 0 amide bonds. The predicted molar refractivity (Wildman–Crippen MR) is 57.4 cm³/mol. The minimum absolute atomic E-state index is 0.110. The van der Waals surface area contributed by atoms with Gasteiger partial charge < -0.3 is 10.3 Å². The highest BCUT2D eigenvalue weighted by Gasteiger charge is 2.41. The van der Waals surface area contributed by atoms with E-state index in [2.05, 4.69) is 4.98 Å². The normalized spacial score (nSPS) is 16.6. The summed E-state index contributed by atoms with van der Waals surface area (Å²) < 4.78 is 39.9. The molecule has 0 radical (unpaired) electrons. The van der Waals surface area contributed by atoms with Crippen molar-refractivity contribution >= 4 is 16.7 Å². The van der Waals surface area contributed by atoms with Gasteiger partial charge in [-0.25, -0.2) is 4.98 Å². The van der Waals surface area contributed by atoms with Crippen LogP contribution >= 0.6 is 0 Å². The van der Waals surface area contributed by atoms with Gasteiger partial charge in [0.25, 0.3) is 0 Å². The number of fused-ring (bicyclic) bond motifs is 1. The SMILES string of the molecule is Nc1cccc2nc(C(F)(F)F)n(C3CC3)c12. The van der Waals surface area contributed by atoms with E-state index in [-0.39, 0.29) is 6.04 Å². The molecular weight excluding hydrogens is 231 g/mol. The van der Waals surface area contributed by atoms with Crippen molar-refractivity contribution in [3.8, 4) is 0 Å². The third kappa shape index (κ3) is 1.55. The largest absolute Gasteiger partial charge is 0.449 e. The van der Waals surface area contributed by atoms with Crippen molar-refractivity contribution in [1.82, 2.24) is 9.55 Å². The summed E-state index contributed by atoms with van der Waals surface area (Å²) in [6.45, 7) is 0. The number of nitrogens with zero attached hydrogens (tertiary/aromatic N) is 2. The van der Waals surface area contributed by atoms with Crippen LogP contribution in [0.1, 0.15) is 24.7 Å². The monoisotopic (exact) mass is 241 g/mol. The standard InChI is InChI=1S/C11H10F3N3/c12-11(13,14)10-16-8-3-1-2-7(15)9(8)17(10)6-4-5-6/h1-3,6H,4-5,15H2. The van der Waals surface area contributed by atoms with E-state index in [0.29, 0.717) is 16.7 Å². The van der Waals surface area contributed by atoms with E-state index in [9.17, 15) is 13.2 Å². The summed E-state index contributed by atoms with van der Waals surface area (Å²) in [5.41, 5.74) is 6.81. The molecule has 3 rings (SSSR count). The van der Waals surface area contributed by atoms with Crippen LogP contribution in [0.25, 0.3) is 11.0 Å². The van der Waals surface area contributed by atoms with Crippen LogP contribution in [0.4, 0.5) is 18.9 Å². The zero-order valence-corrected chi connectivity index (χ0v) is 8.83. The number of nitrogens with two attached hydrogens (primary N) is 1. The lowest BCUT2D eigenvalue weighted by Gasteiger charge is -2.10. The third-order valence-electron chi connectivity index (χ3n) is 2.91. The maximum atomic E-state index is 12.9. The number of alkyl halides is 3. The average molecular weight is 241 g/mol. The maximum Gasteiger partial charge on any atom is 0.449 e. The fourth-order valence-corrected chi connectivity index (χ4v) is 2.06. The minimum Gasteiger partial charge on any atom is -0.397 e. The summed E-state index contributed by atoms with van der Waals surface area (Å²) in [6, 6.07) is 4.66. The highest BCUT2D eigenvalue weighted by molar-refractivity contribution is 5.88. The van der Waals surface area contributed by atoms with Gasteiger partial charge in [0.05, 0.1) is 16.7 Å². The molecule has 1 aliphatic rings. The van der Waals surface area contributed by atoms with Crippen LogP contribution < -0.4 is 5.73 Å². The Morgan fingerprint density at radius 2 is 2.00 bits per heavy atom. The first-order valence-electron chi connectivity index (χ1n) is 5.32. The Kier molecular flexibility index (Phi) is 1.93. The van der Waals surface area contributed by atoms with Gasteiger partial charge in [-0.1, -0.05) is 6.07 Å². The Morgan fingerprint density at radius 1 is 1.29 bits per heavy atom. The van der Waals surface area contributed by atoms with Crippen molar-refractivity contribution in [2.75, 3.05) is 5.73 Å². The Morgan fingerprint density at radius 3 is 2.59 bits per heavy atom. The van der Waals surface area contributed by atoms with Gasteiger partial charge >= 0.3 is 6.18 Å². The second-order valence-corrected chi connectivity index (χ2v) is 4.25. The summed E-state index contributed by atoms with van der Waals surface area (Å²) in [4.78, 5) is 3.66. The molecule has 1 fully saturated rings. The van der Waals surface area contributed by atoms with Crippen LogP contribution in [0, 0.1) is 0 Å². The molecule has 6 heteroatoms. The van der Waals surface area contributed by atoms with E-state index in [1.807, 2.05) is 0 Å². The Balaban J connectivity index is 2.36. The molecule has 0 unspecified atom stereocenters. The molecule has 3 nitrogen and oxygen atoms in total. The Bertz CT molecular complexity index is 581. The molecule has 90 valence electrons. The number of halogens is 3. The summed E-state index contributed by atoms with van der Waals surface area (Å²) >= 11 is 0. The molecular formula is C11H10F3N3. The van der Waals surface area contributed by atoms with Crippen LogP contribution in [-0.4, -0.2) is 9.55 Å². The molecule has 17 heavy (non-hydrogen) atoms. The Hall–Kier alpha value is -1.72. The smallest absolute Gasteiger partial charge is 0.397 e. The molecule has 0 spiro atoms. The lowest BCUT2D eigenvalue weighted by Crippen LogP contribution is -2.14. The minimum atomic E-state index is -4.44. The van der Waals surface area contributed by atoms with Crippen molar-refractivity contribution in [3.05, 3.63) is 24.0 Å². The summed E-state index contributed by atoms with van der Waals surface area (Å²) in [5.74, 6) is -0.840. The van der Waals surface area contributed by atoms with E-state index >= 15 is 0 Å². The van der Waals surface area contributed by atoms with Gasteiger partial charge in [-0.3, -0.25) is 0 Å². The quantitative estimate of drug-likeness (QED) is 0.780. The number of imidazole rings is 1. The van der Waals surface area contributed by atoms with Crippen molar-refractivity contribution in [1.29, 1.82) is 0 Å². The van der Waals surface area contributed by atoms with Gasteiger partial charge in [0, 0.05) is 6.04 Å². The molecule has 0 saturated heterocycles. The number of nitrogen functional groups attached to an aromatic ring is 1. The van der Waals surface area contributed by atoms with Gasteiger partial charge in [0.15, 0.2) is 0 Å². The molecule has 1 heterocycles. The number of rotatable bonds is 1. The van der Waals surface area contributed by atoms with Gasteiger partial charge in [-0.05, 0) is 25.0 Å². The fourth-order valence-electron chi connectivity index (χ4n) is 2.06. The molecule has 0 bridgehead atoms. The van der Waals surface area contributed by atoms with Crippen molar-refractivity contribution < 1.29 is 13.2 Å². The second-order valence-electron chi connectivity index (χ2n) is 4.25. The first-order valence-corrected chi connectivity index (χ1v) is 5.32. The van der Waals surface area contributed by atoms with Gasteiger partial charge in [0.1, 0.15) is 0 Å². The van der Waals surface area contributed by atoms with E-state index in [1.54, 1.807) is 18.2 Å². The van der Waals surface area contributed by atoms with E-state index in [0.717, 1.165) is 12.8 Å². The molecule has 2 N–H and O–H groups in total. The molecule has 0 aliphatic heterocycles. The van der Waals surface area contributed by atoms with Crippen LogP contribution in [0.2, 0.25) is 0 Å². The number of benzene rings is 1. The second kappa shape index (κ2) is 3.15. The lowest BCUT2D eigenvalue weighted by atomic mass is 10.2. The molecule has 1 saturated carbocycles. The number of hydrogen-bond acceptors (Lipinski definition) is 2. The van der Waals surface area contributed by atoms with Crippen LogP contribution in [-0.2, 0) is 6.18 Å². The van der Waals surface area contributed by atoms with E-state index in [1.165, 1.54) is 4.57 Å². The lowest BCUT2D eigenvalue weighted by molar-refractivity contribution is -0.147. The highest BCUT2D eigenvalue weighted by Crippen LogP contribution is 2.43. The molecule has 0 atom stereocenters. The van der Waals surface area contributed by atoms with E-state index in [4.69, 9.17) is 5.73 Å². The van der Waals surface area contributed by atoms with E-state index < -0.39 is 12.0 Å². The number of aromatic nitrogens is 2. The summed E-state index contributed by atoms with van der Waals surface area (Å²) in [6.07, 6.45) is -2.93. The van der Waals surface area contributed by atoms with Gasteiger partial charge in [0.2, 0.25) is 5.82 Å². The summed E-state index contributed by atoms with van der Waals surface area (Å²) in [5, 5.41) is 0. The zero-order chi connectivity index (χ0) is 12.2.